The van der Waals surface area contributed by atoms with Gasteiger partial charge in [-0.25, -0.2) is 0 Å². The van der Waals surface area contributed by atoms with Crippen LogP contribution in [-0.4, -0.2) is 23.4 Å². The molecule has 0 aliphatic rings. The quantitative estimate of drug-likeness (QED) is 0.837. The summed E-state index contributed by atoms with van der Waals surface area (Å²) in [6.07, 6.45) is -0.413. The SMILES string of the molecule is CCCC(O)C(O)c1cc(Cl)ccc1OC. The third-order valence-electron chi connectivity index (χ3n) is 2.46. The van der Waals surface area contributed by atoms with Crippen molar-refractivity contribution in [3.8, 4) is 5.75 Å². The van der Waals surface area contributed by atoms with Crippen LogP contribution in [0.4, 0.5) is 0 Å². The Labute approximate surface area is 101 Å². The van der Waals surface area contributed by atoms with Crippen LogP contribution in [0, 0.1) is 0 Å². The van der Waals surface area contributed by atoms with Gasteiger partial charge in [0.05, 0.1) is 13.2 Å². The van der Waals surface area contributed by atoms with Crippen LogP contribution in [0.3, 0.4) is 0 Å². The van der Waals surface area contributed by atoms with Crippen LogP contribution in [0.2, 0.25) is 5.02 Å². The van der Waals surface area contributed by atoms with Crippen molar-refractivity contribution < 1.29 is 14.9 Å². The summed E-state index contributed by atoms with van der Waals surface area (Å²) in [6.45, 7) is 1.95. The van der Waals surface area contributed by atoms with Crippen molar-refractivity contribution in [3.63, 3.8) is 0 Å². The average molecular weight is 245 g/mol. The monoisotopic (exact) mass is 244 g/mol. The van der Waals surface area contributed by atoms with E-state index in [2.05, 4.69) is 0 Å². The highest BCUT2D eigenvalue weighted by molar-refractivity contribution is 6.30. The highest BCUT2D eigenvalue weighted by Gasteiger charge is 2.21. The molecule has 2 N–H and O–H groups in total. The lowest BCUT2D eigenvalue weighted by Gasteiger charge is -2.20. The molecule has 0 saturated carbocycles. The van der Waals surface area contributed by atoms with E-state index in [4.69, 9.17) is 16.3 Å². The third kappa shape index (κ3) is 3.11. The standard InChI is InChI=1S/C12H17ClO3/c1-3-4-10(14)12(15)9-7-8(13)5-6-11(9)16-2/h5-7,10,12,14-15H,3-4H2,1-2H3. The second-order valence-corrected chi connectivity index (χ2v) is 4.12. The molecule has 0 spiro atoms. The van der Waals surface area contributed by atoms with Crippen molar-refractivity contribution in [2.75, 3.05) is 7.11 Å². The first-order chi connectivity index (χ1) is 7.60. The molecule has 0 heterocycles. The van der Waals surface area contributed by atoms with Gasteiger partial charge in [-0.1, -0.05) is 24.9 Å². The minimum absolute atomic E-state index is 0.513. The van der Waals surface area contributed by atoms with Crippen molar-refractivity contribution in [2.45, 2.75) is 32.0 Å². The van der Waals surface area contributed by atoms with Crippen LogP contribution < -0.4 is 4.74 Å². The molecule has 0 aliphatic heterocycles. The molecule has 4 heteroatoms. The lowest BCUT2D eigenvalue weighted by atomic mass is 10.0. The molecule has 2 unspecified atom stereocenters. The molecule has 2 atom stereocenters. The van der Waals surface area contributed by atoms with E-state index < -0.39 is 12.2 Å². The molecule has 0 aliphatic carbocycles. The van der Waals surface area contributed by atoms with Gasteiger partial charge in [-0.2, -0.15) is 0 Å². The first-order valence-corrected chi connectivity index (χ1v) is 5.67. The van der Waals surface area contributed by atoms with Gasteiger partial charge in [-0.3, -0.25) is 0 Å². The zero-order valence-corrected chi connectivity index (χ0v) is 10.2. The molecule has 90 valence electrons. The zero-order chi connectivity index (χ0) is 12.1. The van der Waals surface area contributed by atoms with E-state index in [1.807, 2.05) is 6.92 Å². The second-order valence-electron chi connectivity index (χ2n) is 3.69. The number of ether oxygens (including phenoxy) is 1. The number of rotatable bonds is 5. The Morgan fingerprint density at radius 1 is 1.38 bits per heavy atom. The lowest BCUT2D eigenvalue weighted by Crippen LogP contribution is -2.18. The van der Waals surface area contributed by atoms with Gasteiger partial charge in [0.2, 0.25) is 0 Å². The van der Waals surface area contributed by atoms with E-state index >= 15 is 0 Å². The van der Waals surface area contributed by atoms with E-state index in [0.717, 1.165) is 6.42 Å². The van der Waals surface area contributed by atoms with Gasteiger partial charge in [0, 0.05) is 10.6 Å². The Bertz CT molecular complexity index is 341. The Morgan fingerprint density at radius 2 is 2.06 bits per heavy atom. The third-order valence-corrected chi connectivity index (χ3v) is 2.69. The molecule has 3 nitrogen and oxygen atoms in total. The normalized spacial score (nSPS) is 14.6. The summed E-state index contributed by atoms with van der Waals surface area (Å²) in [6, 6.07) is 4.98. The summed E-state index contributed by atoms with van der Waals surface area (Å²) in [5, 5.41) is 20.2. The van der Waals surface area contributed by atoms with Crippen LogP contribution >= 0.6 is 11.6 Å². The predicted molar refractivity (Wildman–Crippen MR) is 63.9 cm³/mol. The molecule has 1 rings (SSSR count). The molecule has 0 radical (unpaired) electrons. The molecule has 1 aromatic carbocycles. The molecule has 16 heavy (non-hydrogen) atoms. The summed E-state index contributed by atoms with van der Waals surface area (Å²) in [5.74, 6) is 0.534. The maximum absolute atomic E-state index is 9.97. The van der Waals surface area contributed by atoms with E-state index in [1.165, 1.54) is 7.11 Å². The molecule has 0 saturated heterocycles. The van der Waals surface area contributed by atoms with Crippen LogP contribution in [0.5, 0.6) is 5.75 Å². The number of methoxy groups -OCH3 is 1. The number of halogens is 1. The lowest BCUT2D eigenvalue weighted by molar-refractivity contribution is 0.0118. The van der Waals surface area contributed by atoms with Crippen LogP contribution in [0.15, 0.2) is 18.2 Å². The summed E-state index contributed by atoms with van der Waals surface area (Å²) in [7, 11) is 1.52. The largest absolute Gasteiger partial charge is 0.496 e. The summed E-state index contributed by atoms with van der Waals surface area (Å²) < 4.78 is 5.12. The fraction of sp³-hybridized carbons (Fsp3) is 0.500. The van der Waals surface area contributed by atoms with Crippen molar-refractivity contribution in [1.29, 1.82) is 0 Å². The van der Waals surface area contributed by atoms with Crippen molar-refractivity contribution >= 4 is 11.6 Å². The topological polar surface area (TPSA) is 49.7 Å². The number of benzene rings is 1. The van der Waals surface area contributed by atoms with Crippen molar-refractivity contribution in [1.82, 2.24) is 0 Å². The molecule has 0 bridgehead atoms. The number of aliphatic hydroxyl groups is 2. The van der Waals surface area contributed by atoms with E-state index in [1.54, 1.807) is 18.2 Å². The number of hydrogen-bond donors (Lipinski definition) is 2. The summed E-state index contributed by atoms with van der Waals surface area (Å²) in [5.41, 5.74) is 0.524. The van der Waals surface area contributed by atoms with Gasteiger partial charge in [-0.15, -0.1) is 0 Å². The van der Waals surface area contributed by atoms with Crippen LogP contribution in [0.1, 0.15) is 31.4 Å². The smallest absolute Gasteiger partial charge is 0.124 e. The van der Waals surface area contributed by atoms with Gasteiger partial charge in [0.15, 0.2) is 0 Å². The first kappa shape index (κ1) is 13.3. The Hall–Kier alpha value is -0.770. The molecule has 0 amide bonds. The number of aliphatic hydroxyl groups excluding tert-OH is 2. The number of hydrogen-bond acceptors (Lipinski definition) is 3. The highest BCUT2D eigenvalue weighted by Crippen LogP contribution is 2.31. The Morgan fingerprint density at radius 3 is 2.62 bits per heavy atom. The fourth-order valence-corrected chi connectivity index (χ4v) is 1.78. The van der Waals surface area contributed by atoms with Gasteiger partial charge in [0.25, 0.3) is 0 Å². The summed E-state index contributed by atoms with van der Waals surface area (Å²) >= 11 is 5.85. The molecule has 1 aromatic rings. The van der Waals surface area contributed by atoms with E-state index in [9.17, 15) is 10.2 Å². The molecule has 0 aromatic heterocycles. The highest BCUT2D eigenvalue weighted by atomic mass is 35.5. The van der Waals surface area contributed by atoms with E-state index in [0.29, 0.717) is 22.8 Å². The van der Waals surface area contributed by atoms with Crippen LogP contribution in [0.25, 0.3) is 0 Å². The Kier molecular flexibility index (Phi) is 5.06. The van der Waals surface area contributed by atoms with Gasteiger partial charge >= 0.3 is 0 Å². The van der Waals surface area contributed by atoms with Gasteiger partial charge in [-0.05, 0) is 24.6 Å². The zero-order valence-electron chi connectivity index (χ0n) is 9.48. The van der Waals surface area contributed by atoms with Gasteiger partial charge < -0.3 is 14.9 Å². The molecular weight excluding hydrogens is 228 g/mol. The maximum atomic E-state index is 9.97. The first-order valence-electron chi connectivity index (χ1n) is 5.29. The minimum Gasteiger partial charge on any atom is -0.496 e. The minimum atomic E-state index is -0.964. The van der Waals surface area contributed by atoms with Crippen molar-refractivity contribution in [3.05, 3.63) is 28.8 Å². The average Bonchev–Trinajstić information content (AvgIpc) is 2.28. The maximum Gasteiger partial charge on any atom is 0.124 e. The molecule has 0 fully saturated rings. The van der Waals surface area contributed by atoms with Crippen molar-refractivity contribution in [2.24, 2.45) is 0 Å². The van der Waals surface area contributed by atoms with Crippen LogP contribution in [-0.2, 0) is 0 Å². The fourth-order valence-electron chi connectivity index (χ4n) is 1.60. The molecular formula is C12H17ClO3. The Balaban J connectivity index is 2.96. The predicted octanol–water partition coefficient (Wildman–Crippen LogP) is 2.54. The summed E-state index contributed by atoms with van der Waals surface area (Å²) in [4.78, 5) is 0. The second kappa shape index (κ2) is 6.09. The van der Waals surface area contributed by atoms with Gasteiger partial charge in [0.1, 0.15) is 11.9 Å². The van der Waals surface area contributed by atoms with E-state index in [-0.39, 0.29) is 0 Å².